The maximum atomic E-state index is 12.6. The van der Waals surface area contributed by atoms with Crippen molar-refractivity contribution in [2.75, 3.05) is 51.3 Å². The summed E-state index contributed by atoms with van der Waals surface area (Å²) in [5.74, 6) is 0.529. The van der Waals surface area contributed by atoms with Crippen molar-refractivity contribution in [2.24, 2.45) is 0 Å². The van der Waals surface area contributed by atoms with Crippen LogP contribution in [0.3, 0.4) is 0 Å². The third-order valence-corrected chi connectivity index (χ3v) is 7.35. The van der Waals surface area contributed by atoms with Crippen molar-refractivity contribution in [2.45, 2.75) is 25.9 Å². The van der Waals surface area contributed by atoms with Crippen molar-refractivity contribution in [3.8, 4) is 0 Å². The summed E-state index contributed by atoms with van der Waals surface area (Å²) in [4.78, 5) is 18.8. The molecule has 2 heterocycles. The Labute approximate surface area is 156 Å². The maximum absolute atomic E-state index is 12.6. The second-order valence-corrected chi connectivity index (χ2v) is 9.78. The lowest BCUT2D eigenvalue weighted by Crippen LogP contribution is -2.51. The molecule has 144 valence electrons. The van der Waals surface area contributed by atoms with Crippen LogP contribution in [0.1, 0.15) is 17.5 Å². The van der Waals surface area contributed by atoms with Gasteiger partial charge in [0.25, 0.3) is 0 Å². The first-order valence-corrected chi connectivity index (χ1v) is 11.1. The van der Waals surface area contributed by atoms with E-state index in [1.54, 1.807) is 0 Å². The van der Waals surface area contributed by atoms with Gasteiger partial charge in [-0.05, 0) is 31.5 Å². The molecule has 0 bridgehead atoms. The maximum Gasteiger partial charge on any atom is 0.236 e. The van der Waals surface area contributed by atoms with Crippen LogP contribution in [0.25, 0.3) is 0 Å². The molecule has 26 heavy (non-hydrogen) atoms. The zero-order valence-corrected chi connectivity index (χ0v) is 16.5. The van der Waals surface area contributed by atoms with E-state index in [4.69, 9.17) is 0 Å². The minimum absolute atomic E-state index is 0.0219. The lowest BCUT2D eigenvalue weighted by molar-refractivity contribution is -0.134. The summed E-state index contributed by atoms with van der Waals surface area (Å²) in [5, 5.41) is 0. The van der Waals surface area contributed by atoms with Gasteiger partial charge in [0, 0.05) is 38.8 Å². The van der Waals surface area contributed by atoms with Gasteiger partial charge < -0.3 is 4.90 Å². The van der Waals surface area contributed by atoms with E-state index in [1.807, 2.05) is 16.8 Å². The average molecular weight is 380 g/mol. The third-order valence-electron chi connectivity index (χ3n) is 5.60. The van der Waals surface area contributed by atoms with Crippen LogP contribution >= 0.6 is 0 Å². The molecule has 2 saturated heterocycles. The smallest absolute Gasteiger partial charge is 0.236 e. The average Bonchev–Trinajstić information content (AvgIpc) is 2.97. The van der Waals surface area contributed by atoms with Crippen LogP contribution in [-0.4, -0.2) is 86.3 Å². The molecule has 6 nitrogen and oxygen atoms in total. The summed E-state index contributed by atoms with van der Waals surface area (Å²) < 4.78 is 23.2. The topological polar surface area (TPSA) is 60.9 Å². The molecule has 1 aromatic carbocycles. The summed E-state index contributed by atoms with van der Waals surface area (Å²) in [6, 6.07) is 8.40. The van der Waals surface area contributed by atoms with E-state index in [1.165, 1.54) is 11.1 Å². The number of likely N-dealkylation sites (N-methyl/N-ethyl adjacent to an activating group) is 1. The summed E-state index contributed by atoms with van der Waals surface area (Å²) >= 11 is 0. The van der Waals surface area contributed by atoms with Gasteiger partial charge >= 0.3 is 0 Å². The molecule has 1 atom stereocenters. The number of amides is 1. The first kappa shape index (κ1) is 19.3. The van der Waals surface area contributed by atoms with Gasteiger partial charge in [-0.2, -0.15) is 0 Å². The molecule has 0 aliphatic carbocycles. The number of hydrogen-bond donors (Lipinski definition) is 0. The third kappa shape index (κ3) is 4.84. The van der Waals surface area contributed by atoms with E-state index in [9.17, 15) is 13.2 Å². The lowest BCUT2D eigenvalue weighted by Gasteiger charge is -2.36. The Balaban J connectivity index is 1.45. The SMILES string of the molecule is Cc1ccccc1CN1CCN(C(=O)CN(C)C2CCS(=O)(=O)C2)CC1. The number of carbonyl (C=O) groups is 1. The fourth-order valence-corrected chi connectivity index (χ4v) is 5.55. The number of nitrogens with zero attached hydrogens (tertiary/aromatic N) is 3. The normalized spacial score (nSPS) is 23.5. The molecule has 2 aliphatic rings. The fraction of sp³-hybridized carbons (Fsp3) is 0.632. The Bertz CT molecular complexity index is 742. The van der Waals surface area contributed by atoms with Crippen LogP contribution in [0.4, 0.5) is 0 Å². The number of aryl methyl sites for hydroxylation is 1. The minimum atomic E-state index is -2.91. The van der Waals surface area contributed by atoms with Crippen molar-refractivity contribution in [3.63, 3.8) is 0 Å². The predicted molar refractivity (Wildman–Crippen MR) is 103 cm³/mol. The quantitative estimate of drug-likeness (QED) is 0.756. The number of sulfone groups is 1. The van der Waals surface area contributed by atoms with E-state index in [0.29, 0.717) is 13.0 Å². The number of rotatable bonds is 5. The monoisotopic (exact) mass is 379 g/mol. The van der Waals surface area contributed by atoms with Gasteiger partial charge in [0.1, 0.15) is 0 Å². The first-order chi connectivity index (χ1) is 12.3. The molecule has 7 heteroatoms. The predicted octanol–water partition coefficient (Wildman–Crippen LogP) is 0.758. The first-order valence-electron chi connectivity index (χ1n) is 9.29. The van der Waals surface area contributed by atoms with Crippen molar-refractivity contribution in [1.82, 2.24) is 14.7 Å². The van der Waals surface area contributed by atoms with Crippen LogP contribution in [0.15, 0.2) is 24.3 Å². The van der Waals surface area contributed by atoms with Crippen LogP contribution in [0.2, 0.25) is 0 Å². The summed E-state index contributed by atoms with van der Waals surface area (Å²) in [5.41, 5.74) is 2.65. The van der Waals surface area contributed by atoms with Gasteiger partial charge in [0.05, 0.1) is 18.1 Å². The Morgan fingerprint density at radius 3 is 2.50 bits per heavy atom. The Kier molecular flexibility index (Phi) is 5.99. The van der Waals surface area contributed by atoms with Crippen molar-refractivity contribution in [3.05, 3.63) is 35.4 Å². The van der Waals surface area contributed by atoms with Crippen molar-refractivity contribution in [1.29, 1.82) is 0 Å². The van der Waals surface area contributed by atoms with E-state index < -0.39 is 9.84 Å². The second kappa shape index (κ2) is 8.06. The van der Waals surface area contributed by atoms with E-state index >= 15 is 0 Å². The van der Waals surface area contributed by atoms with E-state index in [-0.39, 0.29) is 23.5 Å². The zero-order chi connectivity index (χ0) is 18.7. The van der Waals surface area contributed by atoms with Gasteiger partial charge in [0.15, 0.2) is 9.84 Å². The fourth-order valence-electron chi connectivity index (χ4n) is 3.75. The molecular weight excluding hydrogens is 350 g/mol. The second-order valence-electron chi connectivity index (χ2n) is 7.56. The molecule has 0 spiro atoms. The highest BCUT2D eigenvalue weighted by Gasteiger charge is 2.32. The Morgan fingerprint density at radius 1 is 1.19 bits per heavy atom. The Hall–Kier alpha value is -1.44. The molecule has 0 aromatic heterocycles. The highest BCUT2D eigenvalue weighted by Crippen LogP contribution is 2.17. The largest absolute Gasteiger partial charge is 0.339 e. The number of piperazine rings is 1. The molecule has 0 N–H and O–H groups in total. The van der Waals surface area contributed by atoms with E-state index in [2.05, 4.69) is 36.1 Å². The molecule has 3 rings (SSSR count). The van der Waals surface area contributed by atoms with Gasteiger partial charge in [-0.15, -0.1) is 0 Å². The highest BCUT2D eigenvalue weighted by atomic mass is 32.2. The minimum Gasteiger partial charge on any atom is -0.339 e. The van der Waals surface area contributed by atoms with Gasteiger partial charge in [0.2, 0.25) is 5.91 Å². The molecular formula is C19H29N3O3S. The number of carbonyl (C=O) groups excluding carboxylic acids is 1. The number of hydrogen-bond acceptors (Lipinski definition) is 5. The van der Waals surface area contributed by atoms with Crippen molar-refractivity contribution >= 4 is 15.7 Å². The zero-order valence-electron chi connectivity index (χ0n) is 15.7. The van der Waals surface area contributed by atoms with Crippen LogP contribution in [0, 0.1) is 6.92 Å². The number of benzene rings is 1. The standard InChI is InChI=1S/C19H29N3O3S/c1-16-5-3-4-6-17(16)13-21-8-10-22(11-9-21)19(23)14-20(2)18-7-12-26(24,25)15-18/h3-6,18H,7-15H2,1-2H3. The molecule has 0 saturated carbocycles. The van der Waals surface area contributed by atoms with Crippen LogP contribution in [0.5, 0.6) is 0 Å². The van der Waals surface area contributed by atoms with Gasteiger partial charge in [-0.1, -0.05) is 24.3 Å². The summed E-state index contributed by atoms with van der Waals surface area (Å²) in [6.45, 7) is 6.59. The molecule has 1 amide bonds. The van der Waals surface area contributed by atoms with Crippen LogP contribution < -0.4 is 0 Å². The van der Waals surface area contributed by atoms with Gasteiger partial charge in [-0.25, -0.2) is 8.42 Å². The van der Waals surface area contributed by atoms with Crippen molar-refractivity contribution < 1.29 is 13.2 Å². The highest BCUT2D eigenvalue weighted by molar-refractivity contribution is 7.91. The van der Waals surface area contributed by atoms with Crippen LogP contribution in [-0.2, 0) is 21.2 Å². The molecule has 2 fully saturated rings. The Morgan fingerprint density at radius 2 is 1.88 bits per heavy atom. The molecule has 1 unspecified atom stereocenters. The molecule has 1 aromatic rings. The molecule has 2 aliphatic heterocycles. The summed E-state index contributed by atoms with van der Waals surface area (Å²) in [7, 11) is -1.06. The molecule has 0 radical (unpaired) electrons. The van der Waals surface area contributed by atoms with Gasteiger partial charge in [-0.3, -0.25) is 14.6 Å². The lowest BCUT2D eigenvalue weighted by atomic mass is 10.1. The van der Waals surface area contributed by atoms with E-state index in [0.717, 1.165) is 32.7 Å². The summed E-state index contributed by atoms with van der Waals surface area (Å²) in [6.07, 6.45) is 0.635.